The van der Waals surface area contributed by atoms with Crippen LogP contribution in [0.5, 0.6) is 0 Å². The van der Waals surface area contributed by atoms with E-state index in [-0.39, 0.29) is 13.2 Å². The minimum atomic E-state index is -4.61. The van der Waals surface area contributed by atoms with Crippen molar-refractivity contribution in [2.24, 2.45) is 0 Å². The van der Waals surface area contributed by atoms with Crippen LogP contribution in [0.3, 0.4) is 0 Å². The summed E-state index contributed by atoms with van der Waals surface area (Å²) in [6.07, 6.45) is -3.66. The fourth-order valence-electron chi connectivity index (χ4n) is 0.895. The van der Waals surface area contributed by atoms with E-state index in [0.29, 0.717) is 11.3 Å². The van der Waals surface area contributed by atoms with Crippen LogP contribution in [0.15, 0.2) is 0 Å². The summed E-state index contributed by atoms with van der Waals surface area (Å²) in [7, 11) is 2.46. The van der Waals surface area contributed by atoms with Crippen LogP contribution in [-0.2, 0) is 9.53 Å². The van der Waals surface area contributed by atoms with Gasteiger partial charge in [-0.05, 0) is 6.42 Å². The molecule has 0 unspecified atom stereocenters. The Morgan fingerprint density at radius 2 is 2.00 bits per heavy atom. The lowest BCUT2D eigenvalue weighted by Gasteiger charge is -2.22. The summed E-state index contributed by atoms with van der Waals surface area (Å²) in [4.78, 5) is 11.4. The highest BCUT2D eigenvalue weighted by molar-refractivity contribution is 5.83. The van der Waals surface area contributed by atoms with Crippen molar-refractivity contribution < 1.29 is 27.1 Å². The molecule has 0 saturated heterocycles. The van der Waals surface area contributed by atoms with Crippen LogP contribution >= 0.6 is 0 Å². The highest BCUT2D eigenvalue weighted by atomic mass is 19.3. The summed E-state index contributed by atoms with van der Waals surface area (Å²) in [5, 5.41) is 0. The minimum absolute atomic E-state index is 0.0466. The summed E-state index contributed by atoms with van der Waals surface area (Å²) in [5.74, 6) is -6.48. The molecule has 0 aromatic rings. The molecule has 0 aliphatic heterocycles. The molecule has 0 aromatic heterocycles. The van der Waals surface area contributed by atoms with Gasteiger partial charge < -0.3 is 9.64 Å². The van der Waals surface area contributed by atoms with E-state index in [1.807, 2.05) is 0 Å². The van der Waals surface area contributed by atoms with Crippen LogP contribution < -0.4 is 0 Å². The Hall–Kier alpha value is -0.850. The van der Waals surface area contributed by atoms with Gasteiger partial charge in [0, 0.05) is 27.3 Å². The highest BCUT2D eigenvalue weighted by Gasteiger charge is 2.50. The molecule has 90 valence electrons. The molecule has 3 nitrogen and oxygen atoms in total. The molecule has 0 aromatic carbocycles. The molecule has 0 spiro atoms. The van der Waals surface area contributed by atoms with Crippen LogP contribution in [0.4, 0.5) is 17.6 Å². The van der Waals surface area contributed by atoms with Crippen LogP contribution in [0.2, 0.25) is 0 Å². The van der Waals surface area contributed by atoms with Gasteiger partial charge in [-0.1, -0.05) is 0 Å². The number of carbonyl (C=O) groups excluding carboxylic acids is 1. The Balaban J connectivity index is 4.19. The third-order valence-electron chi connectivity index (χ3n) is 1.75. The first kappa shape index (κ1) is 14.2. The molecule has 0 saturated carbocycles. The molecule has 0 bridgehead atoms. The summed E-state index contributed by atoms with van der Waals surface area (Å²) < 4.78 is 53.3. The van der Waals surface area contributed by atoms with E-state index in [1.54, 1.807) is 0 Å². The third-order valence-corrected chi connectivity index (χ3v) is 1.75. The maximum absolute atomic E-state index is 12.5. The number of methoxy groups -OCH3 is 1. The quantitative estimate of drug-likeness (QED) is 0.510. The van der Waals surface area contributed by atoms with Crippen LogP contribution in [0.25, 0.3) is 0 Å². The Labute approximate surface area is 85.0 Å². The number of carbonyl (C=O) groups is 1. The maximum Gasteiger partial charge on any atom is 0.383 e. The Kier molecular flexibility index (Phi) is 5.56. The van der Waals surface area contributed by atoms with Crippen molar-refractivity contribution in [2.75, 3.05) is 27.3 Å². The highest BCUT2D eigenvalue weighted by Crippen LogP contribution is 2.24. The Bertz CT molecular complexity index is 211. The van der Waals surface area contributed by atoms with Gasteiger partial charge in [0.05, 0.1) is 0 Å². The van der Waals surface area contributed by atoms with Crippen molar-refractivity contribution in [3.05, 3.63) is 0 Å². The van der Waals surface area contributed by atoms with E-state index in [9.17, 15) is 22.4 Å². The average molecular weight is 231 g/mol. The molecule has 0 N–H and O–H groups in total. The van der Waals surface area contributed by atoms with E-state index in [0.717, 1.165) is 7.05 Å². The lowest BCUT2D eigenvalue weighted by atomic mass is 10.3. The largest absolute Gasteiger partial charge is 0.385 e. The molecular formula is C8H13F4NO2. The zero-order chi connectivity index (χ0) is 12.1. The summed E-state index contributed by atoms with van der Waals surface area (Å²) >= 11 is 0. The zero-order valence-electron chi connectivity index (χ0n) is 8.47. The number of halogens is 4. The van der Waals surface area contributed by atoms with Crippen LogP contribution in [-0.4, -0.2) is 50.5 Å². The van der Waals surface area contributed by atoms with Gasteiger partial charge >= 0.3 is 12.3 Å². The van der Waals surface area contributed by atoms with Gasteiger partial charge in [-0.15, -0.1) is 0 Å². The zero-order valence-corrected chi connectivity index (χ0v) is 8.47. The second kappa shape index (κ2) is 5.89. The molecular weight excluding hydrogens is 218 g/mol. The van der Waals surface area contributed by atoms with Crippen molar-refractivity contribution in [3.63, 3.8) is 0 Å². The molecule has 0 fully saturated rings. The third kappa shape index (κ3) is 4.03. The minimum Gasteiger partial charge on any atom is -0.385 e. The number of nitrogens with zero attached hydrogens (tertiary/aromatic N) is 1. The Morgan fingerprint density at radius 3 is 2.40 bits per heavy atom. The molecule has 15 heavy (non-hydrogen) atoms. The lowest BCUT2D eigenvalue weighted by Crippen LogP contribution is -2.46. The van der Waals surface area contributed by atoms with Gasteiger partial charge in [-0.25, -0.2) is 8.78 Å². The van der Waals surface area contributed by atoms with Gasteiger partial charge in [-0.3, -0.25) is 4.79 Å². The molecule has 0 heterocycles. The second-order valence-electron chi connectivity index (χ2n) is 3.00. The van der Waals surface area contributed by atoms with Gasteiger partial charge in [0.1, 0.15) is 0 Å². The van der Waals surface area contributed by atoms with Crippen LogP contribution in [0.1, 0.15) is 6.42 Å². The summed E-state index contributed by atoms with van der Waals surface area (Å²) in [5.41, 5.74) is 0. The predicted octanol–water partition coefficient (Wildman–Crippen LogP) is 1.38. The van der Waals surface area contributed by atoms with Gasteiger partial charge in [0.2, 0.25) is 0 Å². The average Bonchev–Trinajstić information content (AvgIpc) is 2.16. The number of hydrogen-bond acceptors (Lipinski definition) is 2. The molecule has 0 rings (SSSR count). The topological polar surface area (TPSA) is 29.5 Å². The number of alkyl halides is 4. The van der Waals surface area contributed by atoms with Crippen molar-refractivity contribution >= 4 is 5.91 Å². The molecule has 7 heteroatoms. The molecule has 0 aliphatic carbocycles. The van der Waals surface area contributed by atoms with Crippen LogP contribution in [0, 0.1) is 0 Å². The first-order valence-corrected chi connectivity index (χ1v) is 4.24. The monoisotopic (exact) mass is 231 g/mol. The number of amides is 1. The van der Waals surface area contributed by atoms with Gasteiger partial charge in [0.25, 0.3) is 5.91 Å². The fourth-order valence-corrected chi connectivity index (χ4v) is 0.895. The molecule has 0 aliphatic rings. The van der Waals surface area contributed by atoms with Gasteiger partial charge in [0.15, 0.2) is 0 Å². The van der Waals surface area contributed by atoms with Crippen molar-refractivity contribution in [1.82, 2.24) is 4.90 Å². The summed E-state index contributed by atoms with van der Waals surface area (Å²) in [6.45, 7) is 0.229. The standard InChI is InChI=1S/C8H13F4NO2/c1-13(4-3-5-15-2)7(14)8(11,12)6(9)10/h6H,3-5H2,1-2H3. The van der Waals surface area contributed by atoms with Crippen molar-refractivity contribution in [2.45, 2.75) is 18.8 Å². The predicted molar refractivity (Wildman–Crippen MR) is 45.1 cm³/mol. The maximum atomic E-state index is 12.5. The molecule has 1 amide bonds. The van der Waals surface area contributed by atoms with E-state index < -0.39 is 18.3 Å². The fraction of sp³-hybridized carbons (Fsp3) is 0.875. The Morgan fingerprint density at radius 1 is 1.47 bits per heavy atom. The number of ether oxygens (including phenoxy) is 1. The van der Waals surface area contributed by atoms with E-state index in [2.05, 4.69) is 4.74 Å². The first-order valence-electron chi connectivity index (χ1n) is 4.24. The van der Waals surface area contributed by atoms with Crippen molar-refractivity contribution in [3.8, 4) is 0 Å². The normalized spacial score (nSPS) is 11.9. The first-order chi connectivity index (χ1) is 6.84. The number of rotatable bonds is 6. The summed E-state index contributed by atoms with van der Waals surface area (Å²) in [6, 6.07) is 0. The van der Waals surface area contributed by atoms with E-state index in [1.165, 1.54) is 7.11 Å². The lowest BCUT2D eigenvalue weighted by molar-refractivity contribution is -0.179. The van der Waals surface area contributed by atoms with E-state index in [4.69, 9.17) is 0 Å². The second-order valence-corrected chi connectivity index (χ2v) is 3.00. The number of hydrogen-bond donors (Lipinski definition) is 0. The molecule has 0 radical (unpaired) electrons. The van der Waals surface area contributed by atoms with E-state index >= 15 is 0 Å². The smallest absolute Gasteiger partial charge is 0.383 e. The van der Waals surface area contributed by atoms with Crippen molar-refractivity contribution in [1.29, 1.82) is 0 Å². The SMILES string of the molecule is COCCCN(C)C(=O)C(F)(F)C(F)F. The van der Waals surface area contributed by atoms with Gasteiger partial charge in [-0.2, -0.15) is 8.78 Å². The molecule has 0 atom stereocenters.